The fourth-order valence-corrected chi connectivity index (χ4v) is 4.89. The van der Waals surface area contributed by atoms with Gasteiger partial charge in [0.15, 0.2) is 0 Å². The van der Waals surface area contributed by atoms with Crippen LogP contribution in [0.5, 0.6) is 0 Å². The molecule has 2 heterocycles. The predicted octanol–water partition coefficient (Wildman–Crippen LogP) is 3.02. The number of rotatable bonds is 3. The molecule has 0 unspecified atom stereocenters. The lowest BCUT2D eigenvalue weighted by atomic mass is 9.95. The SMILES string of the molecule is O=C(Nc1ccccc1)N1CCC(C(=O)N2CCN(C3CCCC3)CC2)CC1. The molecule has 2 saturated heterocycles. The zero-order chi connectivity index (χ0) is 19.3. The van der Waals surface area contributed by atoms with Gasteiger partial charge in [0.25, 0.3) is 0 Å². The molecule has 1 N–H and O–H groups in total. The lowest BCUT2D eigenvalue weighted by Crippen LogP contribution is -2.53. The number of carbonyl (C=O) groups is 2. The average Bonchev–Trinajstić information content (AvgIpc) is 3.29. The largest absolute Gasteiger partial charge is 0.340 e. The third kappa shape index (κ3) is 4.49. The van der Waals surface area contributed by atoms with Gasteiger partial charge in [-0.3, -0.25) is 9.69 Å². The van der Waals surface area contributed by atoms with Crippen molar-refractivity contribution in [2.75, 3.05) is 44.6 Å². The van der Waals surface area contributed by atoms with Gasteiger partial charge in [-0.2, -0.15) is 0 Å². The highest BCUT2D eigenvalue weighted by molar-refractivity contribution is 5.89. The Balaban J connectivity index is 1.21. The van der Waals surface area contributed by atoms with Crippen molar-refractivity contribution in [2.45, 2.75) is 44.6 Å². The molecule has 152 valence electrons. The minimum atomic E-state index is -0.0673. The molecule has 0 radical (unpaired) electrons. The van der Waals surface area contributed by atoms with E-state index in [-0.39, 0.29) is 11.9 Å². The number of hydrogen-bond donors (Lipinski definition) is 1. The monoisotopic (exact) mass is 384 g/mol. The summed E-state index contributed by atoms with van der Waals surface area (Å²) in [4.78, 5) is 31.8. The Morgan fingerprint density at radius 1 is 0.786 bits per heavy atom. The van der Waals surface area contributed by atoms with Crippen molar-refractivity contribution < 1.29 is 9.59 Å². The van der Waals surface area contributed by atoms with Crippen LogP contribution in [0.3, 0.4) is 0 Å². The third-order valence-electron chi connectivity index (χ3n) is 6.62. The molecule has 6 nitrogen and oxygen atoms in total. The molecule has 1 saturated carbocycles. The van der Waals surface area contributed by atoms with E-state index in [1.807, 2.05) is 35.2 Å². The van der Waals surface area contributed by atoms with E-state index in [0.717, 1.165) is 50.7 Å². The first-order valence-electron chi connectivity index (χ1n) is 10.8. The Morgan fingerprint density at radius 2 is 1.43 bits per heavy atom. The Hall–Kier alpha value is -2.08. The van der Waals surface area contributed by atoms with E-state index in [4.69, 9.17) is 0 Å². The normalized spacial score (nSPS) is 22.4. The number of piperazine rings is 1. The number of para-hydroxylation sites is 1. The van der Waals surface area contributed by atoms with Gasteiger partial charge in [0.2, 0.25) is 5.91 Å². The Kier molecular flexibility index (Phi) is 6.15. The average molecular weight is 385 g/mol. The molecule has 1 aromatic carbocycles. The van der Waals surface area contributed by atoms with Crippen LogP contribution in [0.15, 0.2) is 30.3 Å². The van der Waals surface area contributed by atoms with Crippen LogP contribution >= 0.6 is 0 Å². The molecule has 0 aromatic heterocycles. The summed E-state index contributed by atoms with van der Waals surface area (Å²) in [5.41, 5.74) is 0.811. The maximum absolute atomic E-state index is 12.9. The van der Waals surface area contributed by atoms with E-state index in [1.54, 1.807) is 0 Å². The second-order valence-electron chi connectivity index (χ2n) is 8.36. The van der Waals surface area contributed by atoms with Gasteiger partial charge in [-0.05, 0) is 37.8 Å². The van der Waals surface area contributed by atoms with Crippen LogP contribution in [0.1, 0.15) is 38.5 Å². The van der Waals surface area contributed by atoms with E-state index < -0.39 is 0 Å². The molecule has 2 aliphatic heterocycles. The zero-order valence-corrected chi connectivity index (χ0v) is 16.7. The van der Waals surface area contributed by atoms with Crippen LogP contribution < -0.4 is 5.32 Å². The van der Waals surface area contributed by atoms with Gasteiger partial charge < -0.3 is 15.1 Å². The zero-order valence-electron chi connectivity index (χ0n) is 16.7. The third-order valence-corrected chi connectivity index (χ3v) is 6.62. The fourth-order valence-electron chi connectivity index (χ4n) is 4.89. The summed E-state index contributed by atoms with van der Waals surface area (Å²) in [6, 6.07) is 10.2. The highest BCUT2D eigenvalue weighted by atomic mass is 16.2. The quantitative estimate of drug-likeness (QED) is 0.872. The van der Waals surface area contributed by atoms with Crippen LogP contribution in [0, 0.1) is 5.92 Å². The highest BCUT2D eigenvalue weighted by Gasteiger charge is 2.33. The molecule has 3 fully saturated rings. The van der Waals surface area contributed by atoms with Gasteiger partial charge >= 0.3 is 6.03 Å². The number of benzene rings is 1. The van der Waals surface area contributed by atoms with Gasteiger partial charge in [0.05, 0.1) is 0 Å². The van der Waals surface area contributed by atoms with Gasteiger partial charge in [-0.25, -0.2) is 4.79 Å². The summed E-state index contributed by atoms with van der Waals surface area (Å²) < 4.78 is 0. The number of amides is 3. The standard InChI is InChI=1S/C22H32N4O2/c27-21(25-16-14-24(15-17-25)20-8-4-5-9-20)18-10-12-26(13-11-18)22(28)23-19-6-2-1-3-7-19/h1-3,6-7,18,20H,4-5,8-17H2,(H,23,28). The van der Waals surface area contributed by atoms with Crippen molar-refractivity contribution in [3.05, 3.63) is 30.3 Å². The number of piperidine rings is 1. The molecule has 1 aromatic rings. The van der Waals surface area contributed by atoms with E-state index >= 15 is 0 Å². The number of likely N-dealkylation sites (tertiary alicyclic amines) is 1. The topological polar surface area (TPSA) is 55.9 Å². The number of hydrogen-bond acceptors (Lipinski definition) is 3. The van der Waals surface area contributed by atoms with Crippen molar-refractivity contribution >= 4 is 17.6 Å². The van der Waals surface area contributed by atoms with Crippen LogP contribution in [-0.4, -0.2) is 71.9 Å². The van der Waals surface area contributed by atoms with Crippen LogP contribution in [0.2, 0.25) is 0 Å². The maximum Gasteiger partial charge on any atom is 0.321 e. The first kappa shape index (κ1) is 19.2. The molecule has 1 aliphatic carbocycles. The summed E-state index contributed by atoms with van der Waals surface area (Å²) in [5.74, 6) is 0.369. The fraction of sp³-hybridized carbons (Fsp3) is 0.636. The summed E-state index contributed by atoms with van der Waals surface area (Å²) in [6.07, 6.45) is 6.92. The van der Waals surface area contributed by atoms with Crippen molar-refractivity contribution in [1.29, 1.82) is 0 Å². The second kappa shape index (κ2) is 8.95. The molecule has 3 aliphatic rings. The molecular weight excluding hydrogens is 352 g/mol. The molecule has 0 atom stereocenters. The van der Waals surface area contributed by atoms with Gasteiger partial charge in [0, 0.05) is 56.9 Å². The molecule has 6 heteroatoms. The van der Waals surface area contributed by atoms with Crippen LogP contribution in [-0.2, 0) is 4.79 Å². The number of nitrogens with one attached hydrogen (secondary N) is 1. The minimum absolute atomic E-state index is 0.0673. The van der Waals surface area contributed by atoms with Gasteiger partial charge in [0.1, 0.15) is 0 Å². The Morgan fingerprint density at radius 3 is 2.07 bits per heavy atom. The van der Waals surface area contributed by atoms with E-state index in [2.05, 4.69) is 15.1 Å². The number of anilines is 1. The molecular formula is C22H32N4O2. The Bertz CT molecular complexity index is 658. The first-order valence-corrected chi connectivity index (χ1v) is 10.8. The van der Waals surface area contributed by atoms with Crippen molar-refractivity contribution in [3.8, 4) is 0 Å². The van der Waals surface area contributed by atoms with Crippen molar-refractivity contribution in [1.82, 2.24) is 14.7 Å². The molecule has 4 rings (SSSR count). The number of nitrogens with zero attached hydrogens (tertiary/aromatic N) is 3. The smallest absolute Gasteiger partial charge is 0.321 e. The van der Waals surface area contributed by atoms with E-state index in [9.17, 15) is 9.59 Å². The lowest BCUT2D eigenvalue weighted by molar-refractivity contribution is -0.139. The first-order chi connectivity index (χ1) is 13.7. The molecule has 0 spiro atoms. The lowest BCUT2D eigenvalue weighted by Gasteiger charge is -2.40. The van der Waals surface area contributed by atoms with Crippen LogP contribution in [0.25, 0.3) is 0 Å². The predicted molar refractivity (Wildman–Crippen MR) is 110 cm³/mol. The van der Waals surface area contributed by atoms with Crippen molar-refractivity contribution in [2.24, 2.45) is 5.92 Å². The molecule has 3 amide bonds. The summed E-state index contributed by atoms with van der Waals surface area (Å²) >= 11 is 0. The summed E-state index contributed by atoms with van der Waals surface area (Å²) in [7, 11) is 0. The number of urea groups is 1. The van der Waals surface area contributed by atoms with Crippen LogP contribution in [0.4, 0.5) is 10.5 Å². The Labute approximate surface area is 167 Å². The second-order valence-corrected chi connectivity index (χ2v) is 8.36. The van der Waals surface area contributed by atoms with E-state index in [1.165, 1.54) is 25.7 Å². The summed E-state index contributed by atoms with van der Waals surface area (Å²) in [5, 5.41) is 2.94. The molecule has 28 heavy (non-hydrogen) atoms. The molecule has 0 bridgehead atoms. The van der Waals surface area contributed by atoms with E-state index in [0.29, 0.717) is 19.0 Å². The maximum atomic E-state index is 12.9. The van der Waals surface area contributed by atoms with Crippen molar-refractivity contribution in [3.63, 3.8) is 0 Å². The van der Waals surface area contributed by atoms with Gasteiger partial charge in [-0.15, -0.1) is 0 Å². The number of carbonyl (C=O) groups excluding carboxylic acids is 2. The van der Waals surface area contributed by atoms with Gasteiger partial charge in [-0.1, -0.05) is 31.0 Å². The minimum Gasteiger partial charge on any atom is -0.340 e. The summed E-state index contributed by atoms with van der Waals surface area (Å²) in [6.45, 7) is 5.08. The highest BCUT2D eigenvalue weighted by Crippen LogP contribution is 2.26.